The van der Waals surface area contributed by atoms with Crippen LogP contribution in [-0.4, -0.2) is 115 Å². The molecular formula is C39H50N6O12. The number of aromatic nitrogens is 2. The van der Waals surface area contributed by atoms with E-state index >= 15 is 0 Å². The molecule has 0 spiro atoms. The average molecular weight is 795 g/mol. The van der Waals surface area contributed by atoms with Crippen LogP contribution in [-0.2, 0) is 44.7 Å². The maximum absolute atomic E-state index is 13.7. The Morgan fingerprint density at radius 1 is 0.895 bits per heavy atom. The van der Waals surface area contributed by atoms with Gasteiger partial charge in [-0.05, 0) is 37.3 Å². The third-order valence-corrected chi connectivity index (χ3v) is 9.64. The Kier molecular flexibility index (Phi) is 16.9. The molecule has 6 atom stereocenters. The number of carbonyl (C=O) groups excluding carboxylic acids is 7. The first-order chi connectivity index (χ1) is 27.3. The number of ketones is 2. The summed E-state index contributed by atoms with van der Waals surface area (Å²) in [6.45, 7) is 1.01. The minimum Gasteiger partial charge on any atom is -0.394 e. The third-order valence-electron chi connectivity index (χ3n) is 9.64. The molecule has 2 aliphatic heterocycles. The molecule has 1 aromatic carbocycles. The molecular weight excluding hydrogens is 744 g/mol. The van der Waals surface area contributed by atoms with Crippen molar-refractivity contribution in [1.82, 2.24) is 25.1 Å². The molecule has 6 N–H and O–H groups in total. The fourth-order valence-electron chi connectivity index (χ4n) is 6.50. The van der Waals surface area contributed by atoms with Crippen molar-refractivity contribution in [2.75, 3.05) is 25.0 Å². The summed E-state index contributed by atoms with van der Waals surface area (Å²) in [5, 5.41) is 37.1. The molecule has 1 saturated heterocycles. The van der Waals surface area contributed by atoms with Crippen molar-refractivity contribution in [3.63, 3.8) is 0 Å². The number of nitrogens with zero attached hydrogens (tertiary/aromatic N) is 3. The summed E-state index contributed by atoms with van der Waals surface area (Å²) in [5.41, 5.74) is -0.150. The fraction of sp³-hybridized carbons (Fsp3) is 0.513. The zero-order chi connectivity index (χ0) is 41.5. The van der Waals surface area contributed by atoms with Gasteiger partial charge < -0.3 is 36.0 Å². The minimum absolute atomic E-state index is 0.0318. The number of imide groups is 1. The van der Waals surface area contributed by atoms with Crippen molar-refractivity contribution in [2.24, 2.45) is 5.92 Å². The highest BCUT2D eigenvalue weighted by Gasteiger charge is 2.43. The zero-order valence-corrected chi connectivity index (χ0v) is 31.7. The summed E-state index contributed by atoms with van der Waals surface area (Å²) in [6, 6.07) is 9.26. The van der Waals surface area contributed by atoms with E-state index in [0.29, 0.717) is 32.1 Å². The second kappa shape index (κ2) is 21.8. The van der Waals surface area contributed by atoms with Gasteiger partial charge in [-0.2, -0.15) is 4.98 Å². The molecule has 0 aliphatic carbocycles. The first kappa shape index (κ1) is 44.3. The van der Waals surface area contributed by atoms with Crippen molar-refractivity contribution in [1.29, 1.82) is 0 Å². The van der Waals surface area contributed by atoms with Gasteiger partial charge in [-0.3, -0.25) is 43.0 Å². The van der Waals surface area contributed by atoms with E-state index in [4.69, 9.17) is 4.74 Å². The molecule has 18 heteroatoms. The van der Waals surface area contributed by atoms with Crippen LogP contribution in [0.25, 0.3) is 0 Å². The number of benzene rings is 1. The fourth-order valence-corrected chi connectivity index (χ4v) is 6.50. The number of aliphatic hydroxyl groups is 3. The van der Waals surface area contributed by atoms with E-state index in [2.05, 4.69) is 20.9 Å². The molecule has 0 bridgehead atoms. The molecule has 2 aromatic rings. The summed E-state index contributed by atoms with van der Waals surface area (Å²) >= 11 is 0. The Labute approximate surface area is 328 Å². The summed E-state index contributed by atoms with van der Waals surface area (Å²) in [4.78, 5) is 106. The lowest BCUT2D eigenvalue weighted by atomic mass is 9.91. The van der Waals surface area contributed by atoms with Gasteiger partial charge in [0.1, 0.15) is 29.9 Å². The van der Waals surface area contributed by atoms with Crippen molar-refractivity contribution >= 4 is 46.9 Å². The van der Waals surface area contributed by atoms with E-state index in [1.807, 2.05) is 13.0 Å². The van der Waals surface area contributed by atoms with Gasteiger partial charge in [0, 0.05) is 56.5 Å². The highest BCUT2D eigenvalue weighted by molar-refractivity contribution is 6.12. The third kappa shape index (κ3) is 13.1. The Balaban J connectivity index is 1.26. The Morgan fingerprint density at radius 2 is 1.61 bits per heavy atom. The predicted octanol–water partition coefficient (Wildman–Crippen LogP) is -0.153. The van der Waals surface area contributed by atoms with Crippen LogP contribution in [0.4, 0.5) is 5.82 Å². The molecule has 0 saturated carbocycles. The van der Waals surface area contributed by atoms with E-state index in [-0.39, 0.29) is 62.1 Å². The van der Waals surface area contributed by atoms with Gasteiger partial charge in [-0.15, -0.1) is 0 Å². The van der Waals surface area contributed by atoms with Crippen molar-refractivity contribution in [3.8, 4) is 0 Å². The number of Topliss-reactive ketones (excluding diaryl/α,β-unsaturated/α-hetero) is 2. The summed E-state index contributed by atoms with van der Waals surface area (Å²) in [7, 11) is 0. The maximum atomic E-state index is 13.7. The number of carbonyl (C=O) groups is 7. The van der Waals surface area contributed by atoms with Crippen LogP contribution in [0.1, 0.15) is 76.5 Å². The molecule has 308 valence electrons. The van der Waals surface area contributed by atoms with Gasteiger partial charge in [-0.1, -0.05) is 50.1 Å². The van der Waals surface area contributed by atoms with Crippen LogP contribution in [0.15, 0.2) is 59.5 Å². The van der Waals surface area contributed by atoms with Gasteiger partial charge in [0.2, 0.25) is 17.7 Å². The molecule has 2 aliphatic rings. The lowest BCUT2D eigenvalue weighted by molar-refractivity contribution is -0.137. The smallest absolute Gasteiger partial charge is 0.351 e. The number of hydrogen-bond donors (Lipinski definition) is 6. The quantitative estimate of drug-likeness (QED) is 0.0632. The number of rotatable bonds is 23. The van der Waals surface area contributed by atoms with E-state index in [0.717, 1.165) is 15.0 Å². The van der Waals surface area contributed by atoms with Gasteiger partial charge >= 0.3 is 5.69 Å². The molecule has 1 unspecified atom stereocenters. The number of unbranched alkanes of at least 4 members (excludes halogenated alkanes) is 2. The summed E-state index contributed by atoms with van der Waals surface area (Å²) < 4.78 is 6.24. The van der Waals surface area contributed by atoms with Gasteiger partial charge in [0.15, 0.2) is 12.0 Å². The summed E-state index contributed by atoms with van der Waals surface area (Å²) in [6.07, 6.45) is 0.799. The first-order valence-corrected chi connectivity index (χ1v) is 19.0. The van der Waals surface area contributed by atoms with Crippen molar-refractivity contribution in [2.45, 2.75) is 102 Å². The molecule has 3 heterocycles. The number of aliphatic hydroxyl groups excluding tert-OH is 3. The van der Waals surface area contributed by atoms with Crippen LogP contribution >= 0.6 is 0 Å². The van der Waals surface area contributed by atoms with Crippen LogP contribution in [0, 0.1) is 5.92 Å². The van der Waals surface area contributed by atoms with Crippen LogP contribution in [0.2, 0.25) is 0 Å². The SMILES string of the molecule is CCC[C@H](CC(=O)[C@H](Cc1ccccc1)NC(=O)CCC(=O)CCCCCN1C(=O)C=CC1=O)C(=O)NCC(=O)Nc1ccn([C@@H]2O[C@H](CO)[C@H](O)C2O)c(=O)n1. The topological polar surface area (TPSA) is 264 Å². The Hall–Kier alpha value is -5.43. The largest absolute Gasteiger partial charge is 0.394 e. The average Bonchev–Trinajstić information content (AvgIpc) is 3.67. The molecule has 57 heavy (non-hydrogen) atoms. The molecule has 1 fully saturated rings. The standard InChI is InChI=1S/C39H50N6O12/c1-2-9-25(37(55)40-22-32(50)42-30-17-19-45(39(56)43-30)38-36(54)35(53)29(23-46)57-38)21-28(48)27(20-24-10-5-3-6-11-24)41-31(49)14-13-26(47)12-7-4-8-18-44-33(51)15-16-34(44)52/h3,5-6,10-11,15-17,19,25,27,29,35-36,38,46,53-54H,2,4,7-9,12-14,18,20-23H2,1H3,(H,40,55)(H,41,49)(H,42,43,50,56)/t25-,27+,29-,35+,36?,38-/m1/s1. The van der Waals surface area contributed by atoms with E-state index in [1.165, 1.54) is 24.4 Å². The second-order valence-electron chi connectivity index (χ2n) is 14.0. The zero-order valence-electron chi connectivity index (χ0n) is 31.7. The van der Waals surface area contributed by atoms with Crippen molar-refractivity contribution < 1.29 is 53.6 Å². The molecule has 18 nitrogen and oxygen atoms in total. The Bertz CT molecular complexity index is 1830. The second-order valence-corrected chi connectivity index (χ2v) is 14.0. The molecule has 1 aromatic heterocycles. The number of hydrogen-bond acceptors (Lipinski definition) is 13. The normalized spacial score (nSPS) is 20.0. The van der Waals surface area contributed by atoms with Gasteiger partial charge in [0.05, 0.1) is 19.2 Å². The monoisotopic (exact) mass is 794 g/mol. The number of anilines is 1. The molecule has 0 radical (unpaired) electrons. The Morgan fingerprint density at radius 3 is 2.26 bits per heavy atom. The molecule has 4 rings (SSSR count). The van der Waals surface area contributed by atoms with Gasteiger partial charge in [-0.25, -0.2) is 4.79 Å². The number of amides is 5. The van der Waals surface area contributed by atoms with E-state index < -0.39 is 78.8 Å². The number of ether oxygens (including phenoxy) is 1. The van der Waals surface area contributed by atoms with Gasteiger partial charge in [0.25, 0.3) is 11.8 Å². The van der Waals surface area contributed by atoms with Crippen LogP contribution < -0.4 is 21.6 Å². The summed E-state index contributed by atoms with van der Waals surface area (Å²) in [5.74, 6) is -4.02. The minimum atomic E-state index is -1.51. The van der Waals surface area contributed by atoms with E-state index in [9.17, 15) is 53.7 Å². The van der Waals surface area contributed by atoms with Crippen LogP contribution in [0.3, 0.4) is 0 Å². The number of nitrogens with one attached hydrogen (secondary N) is 3. The van der Waals surface area contributed by atoms with Crippen LogP contribution in [0.5, 0.6) is 0 Å². The van der Waals surface area contributed by atoms with E-state index in [1.54, 1.807) is 24.3 Å². The maximum Gasteiger partial charge on any atom is 0.351 e. The molecule has 5 amide bonds. The first-order valence-electron chi connectivity index (χ1n) is 19.0. The lowest BCUT2D eigenvalue weighted by Gasteiger charge is -2.21. The highest BCUT2D eigenvalue weighted by Crippen LogP contribution is 2.28. The lowest BCUT2D eigenvalue weighted by Crippen LogP contribution is -2.44. The predicted molar refractivity (Wildman–Crippen MR) is 202 cm³/mol. The van der Waals surface area contributed by atoms with Crippen molar-refractivity contribution in [3.05, 3.63) is 70.8 Å². The highest BCUT2D eigenvalue weighted by atomic mass is 16.6.